The third-order valence-electron chi connectivity index (χ3n) is 2.26. The molecule has 0 N–H and O–H groups in total. The molecule has 1 nitrogen and oxygen atoms in total. The van der Waals surface area contributed by atoms with Crippen molar-refractivity contribution in [2.75, 3.05) is 0 Å². The zero-order chi connectivity index (χ0) is 12.3. The maximum atomic E-state index is 6.28. The second-order valence-electron chi connectivity index (χ2n) is 7.29. The average molecular weight is 247 g/mol. The maximum absolute atomic E-state index is 6.28. The first-order chi connectivity index (χ1) is 6.49. The molecule has 0 aromatic rings. The molecule has 0 rings (SSSR count). The SMILES string of the molecule is C[SiH](CC(C)(C)C)O[SiH](C)CC(C)(C)C. The Balaban J connectivity index is 3.92. The van der Waals surface area contributed by atoms with E-state index in [-0.39, 0.29) is 0 Å². The summed E-state index contributed by atoms with van der Waals surface area (Å²) in [5.41, 5.74) is 0.892. The summed E-state index contributed by atoms with van der Waals surface area (Å²) in [6, 6.07) is 2.60. The van der Waals surface area contributed by atoms with Crippen LogP contribution in [0.4, 0.5) is 0 Å². The maximum Gasteiger partial charge on any atom is 0.160 e. The van der Waals surface area contributed by atoms with Gasteiger partial charge < -0.3 is 4.12 Å². The lowest BCUT2D eigenvalue weighted by Crippen LogP contribution is -2.30. The van der Waals surface area contributed by atoms with Crippen LogP contribution in [0.3, 0.4) is 0 Å². The largest absolute Gasteiger partial charge is 0.460 e. The van der Waals surface area contributed by atoms with Crippen LogP contribution >= 0.6 is 0 Å². The third kappa shape index (κ3) is 10.7. The summed E-state index contributed by atoms with van der Waals surface area (Å²) in [5.74, 6) is 0. The predicted octanol–water partition coefficient (Wildman–Crippen LogP) is 3.80. The van der Waals surface area contributed by atoms with Gasteiger partial charge >= 0.3 is 0 Å². The van der Waals surface area contributed by atoms with Crippen LogP contribution in [0.15, 0.2) is 0 Å². The molecule has 0 aromatic heterocycles. The van der Waals surface area contributed by atoms with E-state index in [1.54, 1.807) is 0 Å². The Labute approximate surface area is 100 Å². The van der Waals surface area contributed by atoms with E-state index in [1.807, 2.05) is 0 Å². The highest BCUT2D eigenvalue weighted by molar-refractivity contribution is 6.64. The summed E-state index contributed by atoms with van der Waals surface area (Å²) in [4.78, 5) is 0. The smallest absolute Gasteiger partial charge is 0.160 e. The van der Waals surface area contributed by atoms with Crippen molar-refractivity contribution in [1.82, 2.24) is 0 Å². The lowest BCUT2D eigenvalue weighted by molar-refractivity contribution is 0.422. The fourth-order valence-corrected chi connectivity index (χ4v) is 9.61. The first-order valence-electron chi connectivity index (χ1n) is 6.15. The van der Waals surface area contributed by atoms with Gasteiger partial charge in [0.25, 0.3) is 0 Å². The van der Waals surface area contributed by atoms with Crippen molar-refractivity contribution in [2.45, 2.75) is 66.7 Å². The minimum absolute atomic E-state index is 0.446. The topological polar surface area (TPSA) is 9.23 Å². The van der Waals surface area contributed by atoms with Crippen LogP contribution in [0.5, 0.6) is 0 Å². The molecule has 0 saturated carbocycles. The molecule has 3 heteroatoms. The van der Waals surface area contributed by atoms with Crippen molar-refractivity contribution in [3.8, 4) is 0 Å². The lowest BCUT2D eigenvalue weighted by atomic mass is 10.0. The molecule has 0 radical (unpaired) electrons. The second kappa shape index (κ2) is 5.64. The quantitative estimate of drug-likeness (QED) is 0.686. The lowest BCUT2D eigenvalue weighted by Gasteiger charge is -2.28. The zero-order valence-corrected chi connectivity index (χ0v) is 14.3. The Morgan fingerprint density at radius 3 is 1.20 bits per heavy atom. The van der Waals surface area contributed by atoms with E-state index in [0.29, 0.717) is 10.8 Å². The van der Waals surface area contributed by atoms with Crippen LogP contribution in [0, 0.1) is 10.8 Å². The van der Waals surface area contributed by atoms with Crippen LogP contribution in [0.25, 0.3) is 0 Å². The first-order valence-corrected chi connectivity index (χ1v) is 11.0. The van der Waals surface area contributed by atoms with Gasteiger partial charge in [-0.25, -0.2) is 0 Å². The highest BCUT2D eigenvalue weighted by Crippen LogP contribution is 2.25. The average Bonchev–Trinajstić information content (AvgIpc) is 1.73. The number of rotatable bonds is 4. The van der Waals surface area contributed by atoms with Gasteiger partial charge in [-0.3, -0.25) is 0 Å². The van der Waals surface area contributed by atoms with Crippen LogP contribution in [0.1, 0.15) is 41.5 Å². The highest BCUT2D eigenvalue weighted by Gasteiger charge is 2.22. The Kier molecular flexibility index (Phi) is 5.79. The van der Waals surface area contributed by atoms with Crippen LogP contribution in [-0.4, -0.2) is 18.1 Å². The minimum Gasteiger partial charge on any atom is -0.460 e. The molecule has 0 saturated heterocycles. The van der Waals surface area contributed by atoms with Crippen molar-refractivity contribution in [1.29, 1.82) is 0 Å². The van der Waals surface area contributed by atoms with Gasteiger partial charge in [-0.2, -0.15) is 0 Å². The molecule has 0 amide bonds. The summed E-state index contributed by atoms with van der Waals surface area (Å²) >= 11 is 0. The van der Waals surface area contributed by atoms with Gasteiger partial charge in [0, 0.05) is 0 Å². The van der Waals surface area contributed by atoms with Crippen molar-refractivity contribution >= 4 is 18.1 Å². The van der Waals surface area contributed by atoms with Crippen LogP contribution < -0.4 is 0 Å². The first kappa shape index (κ1) is 15.4. The van der Waals surface area contributed by atoms with E-state index in [4.69, 9.17) is 4.12 Å². The van der Waals surface area contributed by atoms with E-state index >= 15 is 0 Å². The van der Waals surface area contributed by atoms with Gasteiger partial charge in [-0.15, -0.1) is 0 Å². The Morgan fingerprint density at radius 2 is 1.00 bits per heavy atom. The number of hydrogen-bond acceptors (Lipinski definition) is 1. The Morgan fingerprint density at radius 1 is 0.733 bits per heavy atom. The fourth-order valence-electron chi connectivity index (χ4n) is 2.22. The normalized spacial score (nSPS) is 17.6. The van der Waals surface area contributed by atoms with Gasteiger partial charge in [-0.05, 0) is 36.0 Å². The van der Waals surface area contributed by atoms with Crippen molar-refractivity contribution in [3.63, 3.8) is 0 Å². The molecule has 0 fully saturated rings. The summed E-state index contributed by atoms with van der Waals surface area (Å²) in [7, 11) is -1.83. The highest BCUT2D eigenvalue weighted by atomic mass is 28.4. The van der Waals surface area contributed by atoms with Crippen LogP contribution in [-0.2, 0) is 4.12 Å². The van der Waals surface area contributed by atoms with Gasteiger partial charge in [0.1, 0.15) is 0 Å². The molecule has 15 heavy (non-hydrogen) atoms. The molecule has 0 aliphatic heterocycles. The minimum atomic E-state index is -0.913. The molecular formula is C12H30OSi2. The Hall–Kier alpha value is 0.394. The third-order valence-corrected chi connectivity index (χ3v) is 9.58. The summed E-state index contributed by atoms with van der Waals surface area (Å²) in [6.45, 7) is 18.6. The van der Waals surface area contributed by atoms with E-state index < -0.39 is 18.1 Å². The standard InChI is InChI=1S/C12H30OSi2/c1-11(2,3)9-14(7)13-15(8)10-12(4,5)6/h14-15H,9-10H2,1-8H3. The molecule has 92 valence electrons. The fraction of sp³-hybridized carbons (Fsp3) is 1.00. The van der Waals surface area contributed by atoms with Gasteiger partial charge in [0.2, 0.25) is 0 Å². The molecule has 0 aliphatic rings. The monoisotopic (exact) mass is 246 g/mol. The molecule has 2 atom stereocenters. The summed E-state index contributed by atoms with van der Waals surface area (Å²) < 4.78 is 6.28. The van der Waals surface area contributed by atoms with Crippen molar-refractivity contribution < 1.29 is 4.12 Å². The van der Waals surface area contributed by atoms with Crippen molar-refractivity contribution in [3.05, 3.63) is 0 Å². The van der Waals surface area contributed by atoms with Gasteiger partial charge in [0.05, 0.1) is 0 Å². The number of hydrogen-bond donors (Lipinski definition) is 0. The van der Waals surface area contributed by atoms with Crippen molar-refractivity contribution in [2.24, 2.45) is 10.8 Å². The molecular weight excluding hydrogens is 216 g/mol. The van der Waals surface area contributed by atoms with E-state index in [9.17, 15) is 0 Å². The van der Waals surface area contributed by atoms with Gasteiger partial charge in [-0.1, -0.05) is 41.5 Å². The van der Waals surface area contributed by atoms with Crippen LogP contribution in [0.2, 0.25) is 25.2 Å². The Bertz CT molecular complexity index is 159. The molecule has 2 unspecified atom stereocenters. The predicted molar refractivity (Wildman–Crippen MR) is 75.6 cm³/mol. The van der Waals surface area contributed by atoms with E-state index in [0.717, 1.165) is 0 Å². The summed E-state index contributed by atoms with van der Waals surface area (Å²) in [6.07, 6.45) is 0. The van der Waals surface area contributed by atoms with Gasteiger partial charge in [0.15, 0.2) is 18.1 Å². The van der Waals surface area contributed by atoms with E-state index in [1.165, 1.54) is 12.1 Å². The molecule has 0 aliphatic carbocycles. The zero-order valence-electron chi connectivity index (χ0n) is 12.0. The molecule has 0 spiro atoms. The molecule has 0 heterocycles. The second-order valence-corrected chi connectivity index (χ2v) is 12.4. The molecule has 0 bridgehead atoms. The molecule has 0 aromatic carbocycles. The van der Waals surface area contributed by atoms with E-state index in [2.05, 4.69) is 54.6 Å². The summed E-state index contributed by atoms with van der Waals surface area (Å²) in [5, 5.41) is 0.